The average molecular weight is 449 g/mol. The Morgan fingerprint density at radius 3 is 2.97 bits per heavy atom. The van der Waals surface area contributed by atoms with Gasteiger partial charge in [-0.3, -0.25) is 9.69 Å². The highest BCUT2D eigenvalue weighted by atomic mass is 32.1. The van der Waals surface area contributed by atoms with E-state index in [4.69, 9.17) is 4.74 Å². The third kappa shape index (κ3) is 4.31. The van der Waals surface area contributed by atoms with Gasteiger partial charge in [-0.05, 0) is 42.5 Å². The maximum Gasteiger partial charge on any atom is 0.410 e. The van der Waals surface area contributed by atoms with Crippen LogP contribution >= 0.6 is 11.3 Å². The Morgan fingerprint density at radius 2 is 2.09 bits per heavy atom. The zero-order valence-electron chi connectivity index (χ0n) is 17.5. The summed E-state index contributed by atoms with van der Waals surface area (Å²) in [5.41, 5.74) is 5.26. The van der Waals surface area contributed by atoms with Gasteiger partial charge in [-0.25, -0.2) is 9.78 Å². The molecule has 7 nitrogen and oxygen atoms in total. The van der Waals surface area contributed by atoms with Crippen molar-refractivity contribution in [1.82, 2.24) is 9.88 Å². The summed E-state index contributed by atoms with van der Waals surface area (Å²) in [6.07, 6.45) is 1.93. The third-order valence-electron chi connectivity index (χ3n) is 5.84. The molecule has 5 rings (SSSR count). The maximum atomic E-state index is 12.9. The molecule has 0 saturated carbocycles. The van der Waals surface area contributed by atoms with Crippen LogP contribution in [0.15, 0.2) is 53.9 Å². The molecule has 0 bridgehead atoms. The van der Waals surface area contributed by atoms with Gasteiger partial charge in [-0.2, -0.15) is 0 Å². The lowest BCUT2D eigenvalue weighted by molar-refractivity contribution is -0.120. The lowest BCUT2D eigenvalue weighted by Gasteiger charge is -2.22. The van der Waals surface area contributed by atoms with Gasteiger partial charge in [0.05, 0.1) is 5.69 Å². The largest absolute Gasteiger partial charge is 0.445 e. The number of fused-ring (bicyclic) bond motifs is 1. The molecule has 8 heteroatoms. The number of hydrogen-bond acceptors (Lipinski definition) is 6. The molecule has 2 aliphatic heterocycles. The van der Waals surface area contributed by atoms with E-state index >= 15 is 0 Å². The summed E-state index contributed by atoms with van der Waals surface area (Å²) < 4.78 is 5.43. The molecule has 3 aromatic rings. The van der Waals surface area contributed by atoms with Crippen molar-refractivity contribution < 1.29 is 14.3 Å². The van der Waals surface area contributed by atoms with Gasteiger partial charge in [-0.15, -0.1) is 11.3 Å². The van der Waals surface area contributed by atoms with Crippen molar-refractivity contribution in [3.8, 4) is 11.3 Å². The first-order chi connectivity index (χ1) is 15.7. The maximum absolute atomic E-state index is 12.9. The van der Waals surface area contributed by atoms with Crippen molar-refractivity contribution in [2.75, 3.05) is 23.7 Å². The van der Waals surface area contributed by atoms with Crippen molar-refractivity contribution in [2.24, 2.45) is 0 Å². The topological polar surface area (TPSA) is 83.6 Å². The Labute approximate surface area is 190 Å². The van der Waals surface area contributed by atoms with Crippen LogP contribution in [0.1, 0.15) is 24.0 Å². The smallest absolute Gasteiger partial charge is 0.410 e. The fourth-order valence-corrected chi connectivity index (χ4v) is 4.90. The molecule has 0 unspecified atom stereocenters. The van der Waals surface area contributed by atoms with E-state index in [-0.39, 0.29) is 12.5 Å². The Balaban J connectivity index is 1.21. The lowest BCUT2D eigenvalue weighted by atomic mass is 10.1. The van der Waals surface area contributed by atoms with Crippen LogP contribution in [0, 0.1) is 0 Å². The fourth-order valence-electron chi connectivity index (χ4n) is 4.18. The van der Waals surface area contributed by atoms with Crippen molar-refractivity contribution in [2.45, 2.75) is 31.9 Å². The van der Waals surface area contributed by atoms with Gasteiger partial charge in [0.15, 0.2) is 5.13 Å². The van der Waals surface area contributed by atoms with Crippen LogP contribution in [0.2, 0.25) is 0 Å². The van der Waals surface area contributed by atoms with Crippen LogP contribution in [0.25, 0.3) is 11.3 Å². The second kappa shape index (κ2) is 9.00. The Kier molecular flexibility index (Phi) is 5.77. The summed E-state index contributed by atoms with van der Waals surface area (Å²) in [7, 11) is 0. The van der Waals surface area contributed by atoms with E-state index < -0.39 is 12.1 Å². The highest BCUT2D eigenvalue weighted by Gasteiger charge is 2.35. The minimum Gasteiger partial charge on any atom is -0.445 e. The number of amides is 2. The Morgan fingerprint density at radius 1 is 1.22 bits per heavy atom. The summed E-state index contributed by atoms with van der Waals surface area (Å²) in [6.45, 7) is 1.66. The number of carbonyl (C=O) groups is 2. The molecule has 1 aromatic heterocycles. The number of carbonyl (C=O) groups excluding carboxylic acids is 2. The first kappa shape index (κ1) is 20.5. The molecule has 2 aliphatic rings. The van der Waals surface area contributed by atoms with E-state index in [0.717, 1.165) is 36.2 Å². The summed E-state index contributed by atoms with van der Waals surface area (Å²) >= 11 is 1.39. The molecule has 1 atom stereocenters. The van der Waals surface area contributed by atoms with Gasteiger partial charge >= 0.3 is 6.09 Å². The zero-order chi connectivity index (χ0) is 21.9. The molecule has 32 heavy (non-hydrogen) atoms. The van der Waals surface area contributed by atoms with Crippen LogP contribution in [0.4, 0.5) is 15.6 Å². The number of nitrogens with zero attached hydrogens (tertiary/aromatic N) is 2. The predicted octanol–water partition coefficient (Wildman–Crippen LogP) is 4.52. The fraction of sp³-hybridized carbons (Fsp3) is 0.292. The molecule has 2 amide bonds. The number of benzene rings is 2. The molecule has 0 aliphatic carbocycles. The van der Waals surface area contributed by atoms with E-state index in [1.54, 1.807) is 0 Å². The number of rotatable bonds is 5. The van der Waals surface area contributed by atoms with Gasteiger partial charge in [0.1, 0.15) is 12.6 Å². The van der Waals surface area contributed by atoms with Gasteiger partial charge < -0.3 is 15.4 Å². The molecule has 3 heterocycles. The second-order valence-corrected chi connectivity index (χ2v) is 8.83. The summed E-state index contributed by atoms with van der Waals surface area (Å²) in [4.78, 5) is 31.6. The van der Waals surface area contributed by atoms with Crippen molar-refractivity contribution in [3.05, 3.63) is 65.0 Å². The average Bonchev–Trinajstić information content (AvgIpc) is 3.58. The Hall–Kier alpha value is -3.39. The molecular formula is C24H24N4O3S. The molecule has 1 saturated heterocycles. The summed E-state index contributed by atoms with van der Waals surface area (Å²) in [5, 5.41) is 8.73. The van der Waals surface area contributed by atoms with Gasteiger partial charge in [0, 0.05) is 29.7 Å². The van der Waals surface area contributed by atoms with Crippen molar-refractivity contribution in [1.29, 1.82) is 0 Å². The standard InChI is InChI=1S/C24H24N4O3S/c29-22(21-7-4-12-28(21)24(30)31-14-16-5-2-1-3-6-16)27-23-26-20(15-32-23)17-8-9-19-18(13-17)10-11-25-19/h1-3,5-6,8-9,13,15,21,25H,4,7,10-12,14H2,(H,26,27,29)/t21-/m0/s1. The highest BCUT2D eigenvalue weighted by Crippen LogP contribution is 2.31. The quantitative estimate of drug-likeness (QED) is 0.600. The van der Waals surface area contributed by atoms with Gasteiger partial charge in [0.2, 0.25) is 5.91 Å². The predicted molar refractivity (Wildman–Crippen MR) is 125 cm³/mol. The number of likely N-dealkylation sites (tertiary alicyclic amines) is 1. The second-order valence-electron chi connectivity index (χ2n) is 7.97. The highest BCUT2D eigenvalue weighted by molar-refractivity contribution is 7.14. The number of ether oxygens (including phenoxy) is 1. The van der Waals surface area contributed by atoms with E-state index in [9.17, 15) is 9.59 Å². The molecule has 2 N–H and O–H groups in total. The molecule has 164 valence electrons. The van der Waals surface area contributed by atoms with E-state index in [1.807, 2.05) is 41.8 Å². The Bertz CT molecular complexity index is 1130. The molecule has 2 aromatic carbocycles. The lowest BCUT2D eigenvalue weighted by Crippen LogP contribution is -2.43. The number of thiazole rings is 1. The van der Waals surface area contributed by atoms with Crippen LogP contribution in [0.5, 0.6) is 0 Å². The number of hydrogen-bond donors (Lipinski definition) is 2. The van der Waals surface area contributed by atoms with Crippen LogP contribution in [-0.2, 0) is 22.6 Å². The number of nitrogens with one attached hydrogen (secondary N) is 2. The van der Waals surface area contributed by atoms with Crippen molar-refractivity contribution >= 4 is 34.2 Å². The third-order valence-corrected chi connectivity index (χ3v) is 6.60. The first-order valence-corrected chi connectivity index (χ1v) is 11.7. The zero-order valence-corrected chi connectivity index (χ0v) is 18.4. The molecule has 0 spiro atoms. The van der Waals surface area contributed by atoms with Crippen molar-refractivity contribution in [3.63, 3.8) is 0 Å². The number of aromatic nitrogens is 1. The van der Waals surface area contributed by atoms with Gasteiger partial charge in [-0.1, -0.05) is 36.4 Å². The normalized spacial score (nSPS) is 17.0. The summed E-state index contributed by atoms with van der Waals surface area (Å²) in [6, 6.07) is 15.2. The van der Waals surface area contributed by atoms with Crippen LogP contribution in [0.3, 0.4) is 0 Å². The molecular weight excluding hydrogens is 424 g/mol. The SMILES string of the molecule is O=C(Nc1nc(-c2ccc3c(c2)CCN3)cs1)[C@@H]1CCCN1C(=O)OCc1ccccc1. The van der Waals surface area contributed by atoms with Crippen LogP contribution in [-0.4, -0.2) is 41.0 Å². The number of anilines is 2. The monoisotopic (exact) mass is 448 g/mol. The van der Waals surface area contributed by atoms with E-state index in [2.05, 4.69) is 27.8 Å². The minimum absolute atomic E-state index is 0.191. The molecule has 1 fully saturated rings. The molecule has 0 radical (unpaired) electrons. The minimum atomic E-state index is -0.545. The van der Waals surface area contributed by atoms with E-state index in [0.29, 0.717) is 18.1 Å². The first-order valence-electron chi connectivity index (χ1n) is 10.8. The van der Waals surface area contributed by atoms with E-state index in [1.165, 1.54) is 27.5 Å². The van der Waals surface area contributed by atoms with Gasteiger partial charge in [0.25, 0.3) is 0 Å². The summed E-state index contributed by atoms with van der Waals surface area (Å²) in [5.74, 6) is -0.224. The van der Waals surface area contributed by atoms with Crippen LogP contribution < -0.4 is 10.6 Å².